The number of carboxylic acid groups (broad SMARTS) is 1. The maximum absolute atomic E-state index is 13.3. The SMILES string of the molecule is Cc1nn2c(c1C(=O)N[C@@H](C)c1ccc(C(=O)O)cc1)N(Cc1cc(Br)cc(C(F)(F)F)c1)CC2. The highest BCUT2D eigenvalue weighted by molar-refractivity contribution is 9.10. The van der Waals surface area contributed by atoms with Crippen molar-refractivity contribution in [2.45, 2.75) is 39.2 Å². The van der Waals surface area contributed by atoms with Gasteiger partial charge < -0.3 is 15.3 Å². The third-order valence-corrected chi connectivity index (χ3v) is 6.33. The number of aromatic nitrogens is 2. The molecule has 7 nitrogen and oxygen atoms in total. The number of nitrogens with one attached hydrogen (secondary N) is 1. The molecule has 2 heterocycles. The average Bonchev–Trinajstić information content (AvgIpc) is 3.30. The first-order valence-corrected chi connectivity index (χ1v) is 11.6. The number of aromatic carboxylic acids is 1. The standard InChI is InChI=1S/C24H22BrF3N4O3/c1-13(16-3-5-17(6-4-16)23(34)35)29-21(33)20-14(2)30-32-8-7-31(22(20)32)12-15-9-18(24(26,27)28)11-19(25)10-15/h3-6,9-11,13H,7-8,12H2,1-2H3,(H,29,33)(H,34,35)/t13-/m0/s1. The van der Waals surface area contributed by atoms with E-state index in [0.717, 1.165) is 17.7 Å². The Morgan fingerprint density at radius 2 is 1.86 bits per heavy atom. The fraction of sp³-hybridized carbons (Fsp3) is 0.292. The fourth-order valence-corrected chi connectivity index (χ4v) is 4.72. The highest BCUT2D eigenvalue weighted by atomic mass is 79.9. The molecule has 2 N–H and O–H groups in total. The number of amides is 1. The summed E-state index contributed by atoms with van der Waals surface area (Å²) in [7, 11) is 0. The van der Waals surface area contributed by atoms with Crippen molar-refractivity contribution in [2.75, 3.05) is 11.4 Å². The van der Waals surface area contributed by atoms with Gasteiger partial charge >= 0.3 is 12.1 Å². The van der Waals surface area contributed by atoms with Gasteiger partial charge in [0, 0.05) is 17.6 Å². The summed E-state index contributed by atoms with van der Waals surface area (Å²) in [5, 5.41) is 16.4. The highest BCUT2D eigenvalue weighted by Crippen LogP contribution is 2.34. The van der Waals surface area contributed by atoms with E-state index < -0.39 is 23.8 Å². The first-order chi connectivity index (χ1) is 16.4. The Balaban J connectivity index is 1.57. The quantitative estimate of drug-likeness (QED) is 0.441. The lowest BCUT2D eigenvalue weighted by Crippen LogP contribution is -2.29. The van der Waals surface area contributed by atoms with Crippen LogP contribution in [0.1, 0.15) is 56.1 Å². The lowest BCUT2D eigenvalue weighted by atomic mass is 10.1. The molecule has 0 fully saturated rings. The first kappa shape index (κ1) is 24.8. The Labute approximate surface area is 207 Å². The molecule has 4 rings (SSSR count). The van der Waals surface area contributed by atoms with Crippen molar-refractivity contribution in [1.29, 1.82) is 0 Å². The average molecular weight is 551 g/mol. The van der Waals surface area contributed by atoms with E-state index in [1.807, 2.05) is 4.90 Å². The van der Waals surface area contributed by atoms with E-state index in [4.69, 9.17) is 5.11 Å². The number of rotatable bonds is 6. The normalized spacial score (nSPS) is 14.1. The Kier molecular flexibility index (Phi) is 6.63. The van der Waals surface area contributed by atoms with E-state index in [1.54, 1.807) is 36.7 Å². The van der Waals surface area contributed by atoms with Crippen LogP contribution in [0.4, 0.5) is 19.0 Å². The molecule has 1 aromatic heterocycles. The zero-order chi connectivity index (χ0) is 25.5. The van der Waals surface area contributed by atoms with Gasteiger partial charge in [0.2, 0.25) is 0 Å². The minimum Gasteiger partial charge on any atom is -0.478 e. The van der Waals surface area contributed by atoms with Crippen molar-refractivity contribution in [2.24, 2.45) is 0 Å². The van der Waals surface area contributed by atoms with Gasteiger partial charge in [0.05, 0.1) is 29.4 Å². The van der Waals surface area contributed by atoms with E-state index in [0.29, 0.717) is 40.2 Å². The molecule has 0 radical (unpaired) electrons. The largest absolute Gasteiger partial charge is 0.478 e. The van der Waals surface area contributed by atoms with Crippen LogP contribution in [0.25, 0.3) is 0 Å². The summed E-state index contributed by atoms with van der Waals surface area (Å²) in [4.78, 5) is 26.2. The molecule has 0 unspecified atom stereocenters. The minimum absolute atomic E-state index is 0.148. The van der Waals surface area contributed by atoms with Crippen molar-refractivity contribution in [1.82, 2.24) is 15.1 Å². The number of hydrogen-bond acceptors (Lipinski definition) is 4. The van der Waals surface area contributed by atoms with Crippen LogP contribution in [0.5, 0.6) is 0 Å². The van der Waals surface area contributed by atoms with Crippen LogP contribution >= 0.6 is 15.9 Å². The number of carboxylic acids is 1. The van der Waals surface area contributed by atoms with Crippen molar-refractivity contribution in [3.63, 3.8) is 0 Å². The molecule has 11 heteroatoms. The molecule has 35 heavy (non-hydrogen) atoms. The zero-order valence-electron chi connectivity index (χ0n) is 18.9. The Bertz CT molecular complexity index is 1290. The molecular formula is C24H22BrF3N4O3. The van der Waals surface area contributed by atoms with E-state index in [1.165, 1.54) is 12.1 Å². The van der Waals surface area contributed by atoms with Crippen LogP contribution in [0.3, 0.4) is 0 Å². The number of anilines is 1. The fourth-order valence-electron chi connectivity index (χ4n) is 4.18. The van der Waals surface area contributed by atoms with Crippen molar-refractivity contribution < 1.29 is 27.9 Å². The van der Waals surface area contributed by atoms with E-state index in [9.17, 15) is 22.8 Å². The second-order valence-electron chi connectivity index (χ2n) is 8.40. The van der Waals surface area contributed by atoms with Crippen LogP contribution in [0.2, 0.25) is 0 Å². The summed E-state index contributed by atoms with van der Waals surface area (Å²) in [6.07, 6.45) is -4.47. The van der Waals surface area contributed by atoms with Gasteiger partial charge in [-0.3, -0.25) is 4.79 Å². The number of carbonyl (C=O) groups excluding carboxylic acids is 1. The lowest BCUT2D eigenvalue weighted by molar-refractivity contribution is -0.137. The monoisotopic (exact) mass is 550 g/mol. The predicted molar refractivity (Wildman–Crippen MR) is 126 cm³/mol. The smallest absolute Gasteiger partial charge is 0.416 e. The van der Waals surface area contributed by atoms with Crippen LogP contribution in [0, 0.1) is 6.92 Å². The molecule has 3 aromatic rings. The maximum atomic E-state index is 13.3. The van der Waals surface area contributed by atoms with Gasteiger partial charge in [-0.15, -0.1) is 0 Å². The van der Waals surface area contributed by atoms with Gasteiger partial charge in [0.25, 0.3) is 5.91 Å². The second kappa shape index (κ2) is 9.37. The van der Waals surface area contributed by atoms with Gasteiger partial charge in [-0.2, -0.15) is 18.3 Å². The van der Waals surface area contributed by atoms with Gasteiger partial charge in [-0.25, -0.2) is 9.48 Å². The molecule has 0 spiro atoms. The summed E-state index contributed by atoms with van der Waals surface area (Å²) in [5.41, 5.74) is 1.47. The Morgan fingerprint density at radius 1 is 1.17 bits per heavy atom. The van der Waals surface area contributed by atoms with Gasteiger partial charge in [-0.1, -0.05) is 28.1 Å². The van der Waals surface area contributed by atoms with Crippen LogP contribution in [-0.2, 0) is 19.3 Å². The van der Waals surface area contributed by atoms with Crippen LogP contribution < -0.4 is 10.2 Å². The summed E-state index contributed by atoms with van der Waals surface area (Å²) in [6, 6.07) is 9.59. The molecule has 1 amide bonds. The number of benzene rings is 2. The van der Waals surface area contributed by atoms with Crippen molar-refractivity contribution >= 4 is 33.6 Å². The number of fused-ring (bicyclic) bond motifs is 1. The lowest BCUT2D eigenvalue weighted by Gasteiger charge is -2.21. The zero-order valence-corrected chi connectivity index (χ0v) is 20.4. The third kappa shape index (κ3) is 5.19. The number of alkyl halides is 3. The number of nitrogens with zero attached hydrogens (tertiary/aromatic N) is 3. The molecule has 1 aliphatic rings. The maximum Gasteiger partial charge on any atom is 0.416 e. The number of hydrogen-bond donors (Lipinski definition) is 2. The molecule has 1 aliphatic heterocycles. The number of halogens is 4. The highest BCUT2D eigenvalue weighted by Gasteiger charge is 2.33. The first-order valence-electron chi connectivity index (χ1n) is 10.8. The predicted octanol–water partition coefficient (Wildman–Crippen LogP) is 5.18. The van der Waals surface area contributed by atoms with Gasteiger partial charge in [0.1, 0.15) is 11.4 Å². The van der Waals surface area contributed by atoms with E-state index in [2.05, 4.69) is 26.3 Å². The van der Waals surface area contributed by atoms with Gasteiger partial charge in [0.15, 0.2) is 0 Å². The molecule has 2 aromatic carbocycles. The van der Waals surface area contributed by atoms with Crippen molar-refractivity contribution in [3.8, 4) is 0 Å². The van der Waals surface area contributed by atoms with Crippen molar-refractivity contribution in [3.05, 3.63) is 80.4 Å². The molecule has 0 saturated heterocycles. The van der Waals surface area contributed by atoms with E-state index >= 15 is 0 Å². The minimum atomic E-state index is -4.47. The molecule has 1 atom stereocenters. The molecule has 0 bridgehead atoms. The number of carbonyl (C=O) groups is 2. The Hall–Kier alpha value is -3.34. The molecule has 0 aliphatic carbocycles. The second-order valence-corrected chi connectivity index (χ2v) is 9.31. The van der Waals surface area contributed by atoms with Gasteiger partial charge in [-0.05, 0) is 55.3 Å². The Morgan fingerprint density at radius 3 is 2.49 bits per heavy atom. The van der Waals surface area contributed by atoms with E-state index in [-0.39, 0.29) is 18.0 Å². The number of aryl methyl sites for hydroxylation is 1. The molecule has 0 saturated carbocycles. The molecule has 184 valence electrons. The topological polar surface area (TPSA) is 87.5 Å². The summed E-state index contributed by atoms with van der Waals surface area (Å²) in [6.45, 7) is 4.69. The summed E-state index contributed by atoms with van der Waals surface area (Å²) < 4.78 is 41.8. The van der Waals surface area contributed by atoms with Crippen LogP contribution in [-0.4, -0.2) is 33.3 Å². The summed E-state index contributed by atoms with van der Waals surface area (Å²) >= 11 is 3.16. The third-order valence-electron chi connectivity index (χ3n) is 5.87. The summed E-state index contributed by atoms with van der Waals surface area (Å²) in [5.74, 6) is -0.843. The molecular weight excluding hydrogens is 529 g/mol. The van der Waals surface area contributed by atoms with Crippen LogP contribution in [0.15, 0.2) is 46.9 Å².